The first-order valence-corrected chi connectivity index (χ1v) is 11.1. The monoisotopic (exact) mass is 403 g/mol. The highest BCUT2D eigenvalue weighted by atomic mass is 15.0. The molecule has 0 saturated carbocycles. The van der Waals surface area contributed by atoms with Gasteiger partial charge in [-0.15, -0.1) is 0 Å². The van der Waals surface area contributed by atoms with E-state index in [0.717, 1.165) is 11.2 Å². The van der Waals surface area contributed by atoms with E-state index < -0.39 is 0 Å². The van der Waals surface area contributed by atoms with Gasteiger partial charge in [0.1, 0.15) is 5.65 Å². The summed E-state index contributed by atoms with van der Waals surface area (Å²) in [5, 5.41) is 4.90. The molecule has 3 aromatic heterocycles. The minimum atomic E-state index is 0.427. The van der Waals surface area contributed by atoms with E-state index in [0.29, 0.717) is 11.8 Å². The molecule has 0 spiro atoms. The van der Waals surface area contributed by atoms with Gasteiger partial charge < -0.3 is 0 Å². The Balaban J connectivity index is 1.87. The van der Waals surface area contributed by atoms with E-state index in [-0.39, 0.29) is 0 Å². The maximum absolute atomic E-state index is 4.99. The maximum Gasteiger partial charge on any atom is 0.145 e. The average molecular weight is 404 g/mol. The predicted molar refractivity (Wildman–Crippen MR) is 130 cm³/mol. The highest BCUT2D eigenvalue weighted by Gasteiger charge is 2.22. The number of rotatable bonds is 3. The zero-order chi connectivity index (χ0) is 21.3. The van der Waals surface area contributed by atoms with E-state index in [9.17, 15) is 0 Å². The molecule has 3 aromatic carbocycles. The van der Waals surface area contributed by atoms with E-state index >= 15 is 0 Å². The van der Waals surface area contributed by atoms with Crippen LogP contribution in [0.3, 0.4) is 0 Å². The SMILES string of the molecule is CC(C)c1cccc(C(C)C)c1-c1cnc2c3cccc4ccc5nccc(c5c43)n12. The quantitative estimate of drug-likeness (QED) is 0.286. The minimum absolute atomic E-state index is 0.427. The van der Waals surface area contributed by atoms with Crippen LogP contribution in [-0.2, 0) is 0 Å². The normalized spacial score (nSPS) is 12.5. The number of nitrogens with zero attached hydrogens (tertiary/aromatic N) is 3. The Hall–Kier alpha value is -3.46. The lowest BCUT2D eigenvalue weighted by atomic mass is 9.87. The van der Waals surface area contributed by atoms with Crippen LogP contribution in [0.25, 0.3) is 49.5 Å². The first kappa shape index (κ1) is 18.3. The lowest BCUT2D eigenvalue weighted by Crippen LogP contribution is -2.03. The Kier molecular flexibility index (Phi) is 3.85. The molecular weight excluding hydrogens is 378 g/mol. The van der Waals surface area contributed by atoms with E-state index in [2.05, 4.69) is 97.9 Å². The number of pyridine rings is 2. The van der Waals surface area contributed by atoms with Crippen molar-refractivity contribution in [1.29, 1.82) is 0 Å². The number of benzene rings is 3. The third-order valence-electron chi connectivity index (χ3n) is 6.60. The summed E-state index contributed by atoms with van der Waals surface area (Å²) in [4.78, 5) is 9.67. The third-order valence-corrected chi connectivity index (χ3v) is 6.60. The standard InChI is InChI=1S/C28H25N3/c1-16(2)19-8-6-9-20(17(3)4)26(19)24-15-30-28-21-10-5-7-18-11-12-22-27(25(18)21)23(31(24)28)13-14-29-22/h5-17H,1-4H3. The first-order valence-electron chi connectivity index (χ1n) is 11.1. The summed E-state index contributed by atoms with van der Waals surface area (Å²) < 4.78 is 2.36. The van der Waals surface area contributed by atoms with Gasteiger partial charge in [0.05, 0.1) is 22.9 Å². The molecule has 0 atom stereocenters. The van der Waals surface area contributed by atoms with E-state index in [1.807, 2.05) is 6.20 Å². The van der Waals surface area contributed by atoms with Crippen LogP contribution in [0.4, 0.5) is 0 Å². The van der Waals surface area contributed by atoms with Crippen LogP contribution in [0.15, 0.2) is 67.0 Å². The second kappa shape index (κ2) is 6.52. The molecule has 0 N–H and O–H groups in total. The van der Waals surface area contributed by atoms with Crippen molar-refractivity contribution >= 4 is 38.2 Å². The van der Waals surface area contributed by atoms with Gasteiger partial charge in [-0.2, -0.15) is 0 Å². The Morgan fingerprint density at radius 1 is 0.742 bits per heavy atom. The molecule has 3 heterocycles. The lowest BCUT2D eigenvalue weighted by molar-refractivity contribution is 0.836. The van der Waals surface area contributed by atoms with Crippen molar-refractivity contribution in [1.82, 2.24) is 14.4 Å². The van der Waals surface area contributed by atoms with Crippen molar-refractivity contribution in [3.63, 3.8) is 0 Å². The maximum atomic E-state index is 4.99. The van der Waals surface area contributed by atoms with Crippen molar-refractivity contribution in [2.24, 2.45) is 0 Å². The average Bonchev–Trinajstić information content (AvgIpc) is 3.22. The van der Waals surface area contributed by atoms with Crippen LogP contribution in [0.2, 0.25) is 0 Å². The van der Waals surface area contributed by atoms with Crippen LogP contribution in [0.1, 0.15) is 50.7 Å². The molecule has 0 unspecified atom stereocenters. The number of imidazole rings is 1. The molecule has 0 aliphatic rings. The number of aromatic nitrogens is 3. The second-order valence-electron chi connectivity index (χ2n) is 9.12. The largest absolute Gasteiger partial charge is 0.292 e. The van der Waals surface area contributed by atoms with E-state index in [1.165, 1.54) is 49.4 Å². The van der Waals surface area contributed by atoms with Gasteiger partial charge in [0.15, 0.2) is 0 Å². The summed E-state index contributed by atoms with van der Waals surface area (Å²) >= 11 is 0. The molecular formula is C28H25N3. The fraction of sp³-hybridized carbons (Fsp3) is 0.214. The fourth-order valence-electron chi connectivity index (χ4n) is 5.19. The summed E-state index contributed by atoms with van der Waals surface area (Å²) in [5.74, 6) is 0.855. The molecule has 31 heavy (non-hydrogen) atoms. The second-order valence-corrected chi connectivity index (χ2v) is 9.12. The molecule has 0 bridgehead atoms. The fourth-order valence-corrected chi connectivity index (χ4v) is 5.19. The highest BCUT2D eigenvalue weighted by Crippen LogP contribution is 2.41. The first-order chi connectivity index (χ1) is 15.1. The lowest BCUT2D eigenvalue weighted by Gasteiger charge is -2.20. The van der Waals surface area contributed by atoms with Crippen LogP contribution in [0, 0.1) is 0 Å². The molecule has 0 aliphatic carbocycles. The molecule has 6 rings (SSSR count). The highest BCUT2D eigenvalue weighted by molar-refractivity contribution is 6.24. The minimum Gasteiger partial charge on any atom is -0.292 e. The van der Waals surface area contributed by atoms with Gasteiger partial charge >= 0.3 is 0 Å². The van der Waals surface area contributed by atoms with Crippen molar-refractivity contribution in [2.75, 3.05) is 0 Å². The molecule has 0 amide bonds. The Bertz CT molecular complexity index is 1560. The number of fused-ring (bicyclic) bond motifs is 3. The van der Waals surface area contributed by atoms with E-state index in [1.54, 1.807) is 0 Å². The topological polar surface area (TPSA) is 30.2 Å². The van der Waals surface area contributed by atoms with Gasteiger partial charge in [0.2, 0.25) is 0 Å². The molecule has 6 aromatic rings. The number of hydrogen-bond donors (Lipinski definition) is 0. The molecule has 0 saturated heterocycles. The Labute approximate surface area is 181 Å². The Morgan fingerprint density at radius 2 is 1.48 bits per heavy atom. The van der Waals surface area contributed by atoms with Gasteiger partial charge in [-0.25, -0.2) is 4.98 Å². The summed E-state index contributed by atoms with van der Waals surface area (Å²) in [7, 11) is 0. The summed E-state index contributed by atoms with van der Waals surface area (Å²) in [6.45, 7) is 9.10. The van der Waals surface area contributed by atoms with Gasteiger partial charge in [-0.3, -0.25) is 9.38 Å². The smallest absolute Gasteiger partial charge is 0.145 e. The molecule has 152 valence electrons. The molecule has 3 heteroatoms. The van der Waals surface area contributed by atoms with Crippen LogP contribution in [-0.4, -0.2) is 14.4 Å². The molecule has 0 fully saturated rings. The van der Waals surface area contributed by atoms with E-state index in [4.69, 9.17) is 4.98 Å². The van der Waals surface area contributed by atoms with Crippen LogP contribution in [0.5, 0.6) is 0 Å². The van der Waals surface area contributed by atoms with Gasteiger partial charge in [0, 0.05) is 27.9 Å². The van der Waals surface area contributed by atoms with Gasteiger partial charge in [0.25, 0.3) is 0 Å². The van der Waals surface area contributed by atoms with Crippen molar-refractivity contribution in [2.45, 2.75) is 39.5 Å². The van der Waals surface area contributed by atoms with Gasteiger partial charge in [-0.1, -0.05) is 70.2 Å². The predicted octanol–water partition coefficient (Wildman–Crippen LogP) is 7.54. The van der Waals surface area contributed by atoms with Crippen molar-refractivity contribution in [3.05, 3.63) is 78.1 Å². The number of hydrogen-bond acceptors (Lipinski definition) is 2. The zero-order valence-electron chi connectivity index (χ0n) is 18.3. The summed E-state index contributed by atoms with van der Waals surface area (Å²) in [6, 6.07) is 19.7. The summed E-state index contributed by atoms with van der Waals surface area (Å²) in [5.41, 5.74) is 8.45. The van der Waals surface area contributed by atoms with Crippen LogP contribution >= 0.6 is 0 Å². The Morgan fingerprint density at radius 3 is 2.23 bits per heavy atom. The van der Waals surface area contributed by atoms with Gasteiger partial charge in [-0.05, 0) is 40.5 Å². The third kappa shape index (κ3) is 2.46. The summed E-state index contributed by atoms with van der Waals surface area (Å²) in [6.07, 6.45) is 3.99. The zero-order valence-corrected chi connectivity index (χ0v) is 18.3. The van der Waals surface area contributed by atoms with Crippen molar-refractivity contribution < 1.29 is 0 Å². The molecule has 3 nitrogen and oxygen atoms in total. The van der Waals surface area contributed by atoms with Crippen molar-refractivity contribution in [3.8, 4) is 11.3 Å². The van der Waals surface area contributed by atoms with Crippen LogP contribution < -0.4 is 0 Å². The molecule has 0 aliphatic heterocycles. The molecule has 0 radical (unpaired) electrons.